The first kappa shape index (κ1) is 13.2. The fraction of sp³-hybridized carbons (Fsp3) is 0.636. The van der Waals surface area contributed by atoms with Crippen molar-refractivity contribution >= 4 is 23.5 Å². The van der Waals surface area contributed by atoms with Crippen molar-refractivity contribution in [1.29, 1.82) is 0 Å². The van der Waals surface area contributed by atoms with Gasteiger partial charge in [0.25, 0.3) is 0 Å². The lowest BCUT2D eigenvalue weighted by atomic mass is 10.3. The van der Waals surface area contributed by atoms with Gasteiger partial charge in [-0.3, -0.25) is 0 Å². The second kappa shape index (κ2) is 5.99. The molecule has 0 aliphatic carbocycles. The van der Waals surface area contributed by atoms with Gasteiger partial charge in [0.1, 0.15) is 6.10 Å². The molecule has 2 nitrogen and oxygen atoms in total. The Morgan fingerprint density at radius 3 is 2.87 bits per heavy atom. The van der Waals surface area contributed by atoms with Crippen LogP contribution >= 0.6 is 23.5 Å². The molecular formula is C11H18O2S2. The van der Waals surface area contributed by atoms with Crippen LogP contribution in [0.5, 0.6) is 0 Å². The first-order chi connectivity index (χ1) is 7.03. The largest absolute Gasteiger partial charge is 0.347 e. The molecule has 0 amide bonds. The van der Waals surface area contributed by atoms with Gasteiger partial charge < -0.3 is 9.47 Å². The van der Waals surface area contributed by atoms with Crippen LogP contribution in [0.1, 0.15) is 13.8 Å². The Bertz CT molecular complexity index is 249. The lowest BCUT2D eigenvalue weighted by molar-refractivity contribution is -0.133. The highest BCUT2D eigenvalue weighted by Gasteiger charge is 2.30. The molecule has 1 atom stereocenters. The number of rotatable bonds is 5. The fourth-order valence-corrected chi connectivity index (χ4v) is 2.29. The molecule has 0 N–H and O–H groups in total. The van der Waals surface area contributed by atoms with Gasteiger partial charge in [0.05, 0.1) is 6.61 Å². The molecule has 0 aromatic heterocycles. The van der Waals surface area contributed by atoms with Crippen molar-refractivity contribution in [3.63, 3.8) is 0 Å². The van der Waals surface area contributed by atoms with Gasteiger partial charge in [-0.2, -0.15) is 0 Å². The first-order valence-electron chi connectivity index (χ1n) is 4.87. The first-order valence-corrected chi connectivity index (χ1v) is 7.08. The smallest absolute Gasteiger partial charge is 0.163 e. The summed E-state index contributed by atoms with van der Waals surface area (Å²) in [6.45, 7) is 8.42. The van der Waals surface area contributed by atoms with Crippen LogP contribution in [-0.4, -0.2) is 30.5 Å². The highest BCUT2D eigenvalue weighted by Crippen LogP contribution is 2.25. The van der Waals surface area contributed by atoms with Crippen LogP contribution in [0.4, 0.5) is 0 Å². The quantitative estimate of drug-likeness (QED) is 0.693. The summed E-state index contributed by atoms with van der Waals surface area (Å²) in [6, 6.07) is 0. The van der Waals surface area contributed by atoms with Crippen LogP contribution in [0.15, 0.2) is 23.0 Å². The van der Waals surface area contributed by atoms with E-state index >= 15 is 0 Å². The van der Waals surface area contributed by atoms with Gasteiger partial charge >= 0.3 is 0 Å². The predicted octanol–water partition coefficient (Wildman–Crippen LogP) is 3.26. The molecule has 1 rings (SSSR count). The summed E-state index contributed by atoms with van der Waals surface area (Å²) in [5.41, 5.74) is 0. The van der Waals surface area contributed by atoms with Gasteiger partial charge in [0.2, 0.25) is 0 Å². The van der Waals surface area contributed by atoms with Crippen LogP contribution in [0, 0.1) is 0 Å². The number of thioether (sulfide) groups is 2. The lowest BCUT2D eigenvalue weighted by Crippen LogP contribution is -2.20. The lowest BCUT2D eigenvalue weighted by Gasteiger charge is -2.15. The molecule has 0 spiro atoms. The monoisotopic (exact) mass is 246 g/mol. The van der Waals surface area contributed by atoms with Crippen molar-refractivity contribution < 1.29 is 9.47 Å². The van der Waals surface area contributed by atoms with E-state index < -0.39 is 5.79 Å². The van der Waals surface area contributed by atoms with E-state index in [1.165, 1.54) is 0 Å². The zero-order chi connectivity index (χ0) is 11.3. The Labute approximate surface area is 100 Å². The van der Waals surface area contributed by atoms with Crippen molar-refractivity contribution in [2.24, 2.45) is 0 Å². The Morgan fingerprint density at radius 2 is 2.33 bits per heavy atom. The maximum atomic E-state index is 5.64. The summed E-state index contributed by atoms with van der Waals surface area (Å²) in [5.74, 6) is 0.519. The Balaban J connectivity index is 2.19. The molecule has 1 fully saturated rings. The number of ether oxygens (including phenoxy) is 2. The normalized spacial score (nSPS) is 24.9. The molecule has 4 heteroatoms. The summed E-state index contributed by atoms with van der Waals surface area (Å²) in [4.78, 5) is 0. The zero-order valence-corrected chi connectivity index (χ0v) is 11.1. The van der Waals surface area contributed by atoms with Crippen LogP contribution in [0.25, 0.3) is 0 Å². The minimum absolute atomic E-state index is 0.100. The Kier molecular flexibility index (Phi) is 5.26. The molecule has 1 unspecified atom stereocenters. The van der Waals surface area contributed by atoms with Gasteiger partial charge in [-0.05, 0) is 20.1 Å². The van der Waals surface area contributed by atoms with E-state index in [9.17, 15) is 0 Å². The fourth-order valence-electron chi connectivity index (χ4n) is 1.22. The number of hydrogen-bond acceptors (Lipinski definition) is 4. The van der Waals surface area contributed by atoms with Gasteiger partial charge in [-0.25, -0.2) is 0 Å². The highest BCUT2D eigenvalue weighted by molar-refractivity contribution is 8.21. The third-order valence-corrected chi connectivity index (χ3v) is 3.94. The molecule has 0 aromatic carbocycles. The molecule has 1 aliphatic heterocycles. The van der Waals surface area contributed by atoms with E-state index in [2.05, 4.69) is 18.7 Å². The second-order valence-corrected chi connectivity index (χ2v) is 5.96. The van der Waals surface area contributed by atoms with Crippen molar-refractivity contribution in [3.05, 3.63) is 23.0 Å². The number of hydrogen-bond donors (Lipinski definition) is 0. The maximum Gasteiger partial charge on any atom is 0.163 e. The van der Waals surface area contributed by atoms with E-state index in [1.807, 2.05) is 20.1 Å². The van der Waals surface area contributed by atoms with Gasteiger partial charge in [0, 0.05) is 9.99 Å². The third kappa shape index (κ3) is 5.11. The van der Waals surface area contributed by atoms with Crippen LogP contribution in [0.3, 0.4) is 0 Å². The summed E-state index contributed by atoms with van der Waals surface area (Å²) in [5, 5.41) is 0. The highest BCUT2D eigenvalue weighted by atomic mass is 32.2. The Hall–Kier alpha value is 0.1000. The van der Waals surface area contributed by atoms with Crippen molar-refractivity contribution in [3.8, 4) is 0 Å². The molecule has 0 radical (unpaired) electrons. The molecule has 0 bridgehead atoms. The minimum atomic E-state index is -0.426. The average Bonchev–Trinajstić information content (AvgIpc) is 2.52. The molecule has 1 aliphatic rings. The summed E-state index contributed by atoms with van der Waals surface area (Å²) < 4.78 is 12.2. The summed E-state index contributed by atoms with van der Waals surface area (Å²) in [6.07, 6.45) is 6.31. The van der Waals surface area contributed by atoms with E-state index in [-0.39, 0.29) is 6.10 Å². The van der Waals surface area contributed by atoms with Crippen molar-refractivity contribution in [2.75, 3.05) is 18.6 Å². The van der Waals surface area contributed by atoms with E-state index in [1.54, 1.807) is 23.5 Å². The van der Waals surface area contributed by atoms with Gasteiger partial charge in [-0.15, -0.1) is 23.5 Å². The second-order valence-electron chi connectivity index (χ2n) is 3.68. The van der Waals surface area contributed by atoms with E-state index in [0.717, 1.165) is 9.99 Å². The molecule has 86 valence electrons. The maximum absolute atomic E-state index is 5.64. The van der Waals surface area contributed by atoms with Crippen molar-refractivity contribution in [1.82, 2.24) is 0 Å². The average molecular weight is 246 g/mol. The summed E-state index contributed by atoms with van der Waals surface area (Å²) >= 11 is 3.43. The molecule has 0 saturated carbocycles. The topological polar surface area (TPSA) is 18.5 Å². The minimum Gasteiger partial charge on any atom is -0.347 e. The molecule has 0 aromatic rings. The molecule has 1 saturated heterocycles. The van der Waals surface area contributed by atoms with Crippen LogP contribution in [0.2, 0.25) is 0 Å². The standard InChI is InChI=1S/C11H18O2S2/c1-9(14-4)15-7-5-6-10-8-12-11(2,3)13-10/h5-6,10H,1,7-8H2,2-4H3/b6-5+. The van der Waals surface area contributed by atoms with Gasteiger partial charge in [0.15, 0.2) is 5.79 Å². The zero-order valence-electron chi connectivity index (χ0n) is 9.49. The Morgan fingerprint density at radius 1 is 1.60 bits per heavy atom. The SMILES string of the molecule is C=C(SC)SC/C=C/C1COC(C)(C)O1. The van der Waals surface area contributed by atoms with Crippen LogP contribution < -0.4 is 0 Å². The molecule has 15 heavy (non-hydrogen) atoms. The van der Waals surface area contributed by atoms with Crippen LogP contribution in [-0.2, 0) is 9.47 Å². The van der Waals surface area contributed by atoms with E-state index in [0.29, 0.717) is 6.61 Å². The molecule has 1 heterocycles. The molecular weight excluding hydrogens is 228 g/mol. The summed E-state index contributed by atoms with van der Waals surface area (Å²) in [7, 11) is 0. The van der Waals surface area contributed by atoms with E-state index in [4.69, 9.17) is 9.47 Å². The predicted molar refractivity (Wildman–Crippen MR) is 69.2 cm³/mol. The van der Waals surface area contributed by atoms with Crippen molar-refractivity contribution in [2.45, 2.75) is 25.7 Å². The van der Waals surface area contributed by atoms with Gasteiger partial charge in [-0.1, -0.05) is 18.7 Å². The third-order valence-electron chi connectivity index (χ3n) is 1.95.